The van der Waals surface area contributed by atoms with E-state index in [4.69, 9.17) is 9.15 Å². The van der Waals surface area contributed by atoms with Crippen LogP contribution in [0.2, 0.25) is 0 Å². The molecule has 0 atom stereocenters. The molecule has 0 aliphatic heterocycles. The van der Waals surface area contributed by atoms with E-state index in [1.54, 1.807) is 13.2 Å². The number of oxazole rings is 1. The Morgan fingerprint density at radius 2 is 1.75 bits per heavy atom. The number of nitrogens with one attached hydrogen (secondary N) is 1. The third-order valence-corrected chi connectivity index (χ3v) is 5.59. The van der Waals surface area contributed by atoms with Gasteiger partial charge in [0.25, 0.3) is 0 Å². The third kappa shape index (κ3) is 4.05. The summed E-state index contributed by atoms with van der Waals surface area (Å²) in [4.78, 5) is 3.44. The van der Waals surface area contributed by atoms with E-state index in [0.29, 0.717) is 19.6 Å². The van der Waals surface area contributed by atoms with Crippen molar-refractivity contribution in [3.63, 3.8) is 0 Å². The SMILES string of the molecule is COCCCNc1oc(-c2ccccc2F)nc1S(=O)(=O)c1ccccc1F. The summed E-state index contributed by atoms with van der Waals surface area (Å²) in [7, 11) is -2.80. The largest absolute Gasteiger partial charge is 0.419 e. The van der Waals surface area contributed by atoms with Gasteiger partial charge in [0.15, 0.2) is 0 Å². The lowest BCUT2D eigenvalue weighted by molar-refractivity contribution is 0.197. The molecular formula is C19H18F2N2O4S. The Labute approximate surface area is 161 Å². The lowest BCUT2D eigenvalue weighted by Crippen LogP contribution is -2.10. The number of aromatic nitrogens is 1. The maximum Gasteiger partial charge on any atom is 0.233 e. The Balaban J connectivity index is 2.08. The van der Waals surface area contributed by atoms with Crippen molar-refractivity contribution in [1.29, 1.82) is 0 Å². The number of rotatable bonds is 8. The van der Waals surface area contributed by atoms with Crippen LogP contribution in [0.15, 0.2) is 62.9 Å². The number of hydrogen-bond donors (Lipinski definition) is 1. The van der Waals surface area contributed by atoms with Crippen molar-refractivity contribution in [3.05, 3.63) is 60.2 Å². The highest BCUT2D eigenvalue weighted by Crippen LogP contribution is 2.33. The number of methoxy groups -OCH3 is 1. The number of halogens is 2. The molecule has 0 spiro atoms. The average Bonchev–Trinajstić information content (AvgIpc) is 3.11. The topological polar surface area (TPSA) is 81.4 Å². The molecule has 0 fully saturated rings. The van der Waals surface area contributed by atoms with E-state index < -0.39 is 31.4 Å². The summed E-state index contributed by atoms with van der Waals surface area (Å²) in [6.45, 7) is 0.760. The summed E-state index contributed by atoms with van der Waals surface area (Å²) >= 11 is 0. The van der Waals surface area contributed by atoms with Crippen molar-refractivity contribution in [2.75, 3.05) is 25.6 Å². The molecule has 28 heavy (non-hydrogen) atoms. The Bertz CT molecular complexity index is 1070. The second kappa shape index (κ2) is 8.49. The monoisotopic (exact) mass is 408 g/mol. The predicted molar refractivity (Wildman–Crippen MR) is 98.7 cm³/mol. The molecule has 2 aromatic carbocycles. The minimum absolute atomic E-state index is 0.00238. The predicted octanol–water partition coefficient (Wildman–Crippen LogP) is 3.90. The van der Waals surface area contributed by atoms with Gasteiger partial charge in [-0.3, -0.25) is 0 Å². The first-order valence-corrected chi connectivity index (χ1v) is 9.91. The molecule has 6 nitrogen and oxygen atoms in total. The molecule has 0 saturated carbocycles. The maximum absolute atomic E-state index is 14.1. The smallest absolute Gasteiger partial charge is 0.233 e. The van der Waals surface area contributed by atoms with Crippen LogP contribution in [-0.2, 0) is 14.6 Å². The first kappa shape index (κ1) is 20.0. The molecule has 0 aliphatic carbocycles. The van der Waals surface area contributed by atoms with Gasteiger partial charge in [0.2, 0.25) is 26.6 Å². The second-order valence-corrected chi connectivity index (χ2v) is 7.67. The Hall–Kier alpha value is -2.78. The fourth-order valence-corrected chi connectivity index (χ4v) is 3.89. The van der Waals surface area contributed by atoms with Crippen LogP contribution in [-0.4, -0.2) is 33.7 Å². The molecule has 3 aromatic rings. The molecule has 1 N–H and O–H groups in total. The van der Waals surface area contributed by atoms with Crippen LogP contribution < -0.4 is 5.32 Å². The van der Waals surface area contributed by atoms with E-state index >= 15 is 0 Å². The zero-order valence-electron chi connectivity index (χ0n) is 15.0. The number of ether oxygens (including phenoxy) is 1. The van der Waals surface area contributed by atoms with Crippen LogP contribution in [0.4, 0.5) is 14.7 Å². The molecule has 0 bridgehead atoms. The second-order valence-electron chi connectivity index (χ2n) is 5.84. The Morgan fingerprint density at radius 1 is 1.07 bits per heavy atom. The normalized spacial score (nSPS) is 11.5. The van der Waals surface area contributed by atoms with Crippen molar-refractivity contribution < 1.29 is 26.4 Å². The van der Waals surface area contributed by atoms with Crippen LogP contribution in [0, 0.1) is 11.6 Å². The quantitative estimate of drug-likeness (QED) is 0.570. The summed E-state index contributed by atoms with van der Waals surface area (Å²) in [5, 5.41) is 2.31. The standard InChI is InChI=1S/C19H18F2N2O4S/c1-26-12-6-11-22-18-19(28(24,25)16-10-5-4-9-15(16)21)23-17(27-18)13-7-2-3-8-14(13)20/h2-5,7-10,22H,6,11-12H2,1H3. The van der Waals surface area contributed by atoms with Crippen molar-refractivity contribution >= 4 is 15.7 Å². The molecule has 1 heterocycles. The molecule has 0 saturated heterocycles. The number of benzene rings is 2. The van der Waals surface area contributed by atoms with E-state index in [1.807, 2.05) is 0 Å². The van der Waals surface area contributed by atoms with E-state index in [0.717, 1.165) is 12.1 Å². The summed E-state index contributed by atoms with van der Waals surface area (Å²) in [6, 6.07) is 10.6. The molecule has 148 valence electrons. The third-order valence-electron chi connectivity index (χ3n) is 3.89. The van der Waals surface area contributed by atoms with Gasteiger partial charge in [-0.25, -0.2) is 17.2 Å². The molecule has 0 radical (unpaired) electrons. The van der Waals surface area contributed by atoms with Crippen LogP contribution in [0.5, 0.6) is 0 Å². The molecule has 3 rings (SSSR count). The van der Waals surface area contributed by atoms with Crippen molar-refractivity contribution in [1.82, 2.24) is 4.98 Å². The van der Waals surface area contributed by atoms with Gasteiger partial charge in [0.1, 0.15) is 16.5 Å². The van der Waals surface area contributed by atoms with E-state index in [9.17, 15) is 17.2 Å². The van der Waals surface area contributed by atoms with Crippen molar-refractivity contribution in [2.45, 2.75) is 16.3 Å². The van der Waals surface area contributed by atoms with Gasteiger partial charge in [-0.15, -0.1) is 0 Å². The average molecular weight is 408 g/mol. The van der Waals surface area contributed by atoms with E-state index in [-0.39, 0.29) is 17.3 Å². The lowest BCUT2D eigenvalue weighted by atomic mass is 10.2. The fourth-order valence-electron chi connectivity index (χ4n) is 2.54. The summed E-state index contributed by atoms with van der Waals surface area (Å²) in [6.07, 6.45) is 0.561. The number of sulfone groups is 1. The van der Waals surface area contributed by atoms with Crippen molar-refractivity contribution in [2.24, 2.45) is 0 Å². The highest BCUT2D eigenvalue weighted by molar-refractivity contribution is 7.91. The number of anilines is 1. The number of nitrogens with zero attached hydrogens (tertiary/aromatic N) is 1. The van der Waals surface area contributed by atoms with Crippen molar-refractivity contribution in [3.8, 4) is 11.5 Å². The molecule has 0 amide bonds. The van der Waals surface area contributed by atoms with Gasteiger partial charge in [-0.1, -0.05) is 24.3 Å². The zero-order chi connectivity index (χ0) is 20.1. The minimum Gasteiger partial charge on any atom is -0.419 e. The van der Waals surface area contributed by atoms with Crippen LogP contribution >= 0.6 is 0 Å². The minimum atomic E-state index is -4.34. The summed E-state index contributed by atoms with van der Waals surface area (Å²) in [5.41, 5.74) is -0.00238. The van der Waals surface area contributed by atoms with Crippen LogP contribution in [0.25, 0.3) is 11.5 Å². The highest BCUT2D eigenvalue weighted by atomic mass is 32.2. The van der Waals surface area contributed by atoms with Gasteiger partial charge >= 0.3 is 0 Å². The van der Waals surface area contributed by atoms with Gasteiger partial charge in [0, 0.05) is 20.3 Å². The van der Waals surface area contributed by atoms with Gasteiger partial charge in [0.05, 0.1) is 5.56 Å². The maximum atomic E-state index is 14.1. The van der Waals surface area contributed by atoms with Crippen LogP contribution in [0.1, 0.15) is 6.42 Å². The Morgan fingerprint density at radius 3 is 2.43 bits per heavy atom. The Kier molecular flexibility index (Phi) is 6.05. The molecule has 1 aromatic heterocycles. The van der Waals surface area contributed by atoms with Crippen LogP contribution in [0.3, 0.4) is 0 Å². The van der Waals surface area contributed by atoms with Gasteiger partial charge in [-0.05, 0) is 30.7 Å². The summed E-state index contributed by atoms with van der Waals surface area (Å²) in [5.74, 6) is -1.94. The zero-order valence-corrected chi connectivity index (χ0v) is 15.8. The molecule has 9 heteroatoms. The van der Waals surface area contributed by atoms with Gasteiger partial charge < -0.3 is 14.5 Å². The highest BCUT2D eigenvalue weighted by Gasteiger charge is 2.31. The van der Waals surface area contributed by atoms with E-state index in [1.165, 1.54) is 30.3 Å². The van der Waals surface area contributed by atoms with E-state index in [2.05, 4.69) is 10.3 Å². The molecule has 0 unspecified atom stereocenters. The lowest BCUT2D eigenvalue weighted by Gasteiger charge is -2.06. The molecule has 0 aliphatic rings. The van der Waals surface area contributed by atoms with Gasteiger partial charge in [-0.2, -0.15) is 4.98 Å². The molecular weight excluding hydrogens is 390 g/mol. The first-order chi connectivity index (χ1) is 13.4. The fraction of sp³-hybridized carbons (Fsp3) is 0.211. The summed E-state index contributed by atoms with van der Waals surface area (Å²) < 4.78 is 64.6. The first-order valence-electron chi connectivity index (χ1n) is 8.43. The number of hydrogen-bond acceptors (Lipinski definition) is 6.